The van der Waals surface area contributed by atoms with Gasteiger partial charge in [0.25, 0.3) is 5.91 Å². The summed E-state index contributed by atoms with van der Waals surface area (Å²) in [6.45, 7) is 4.27. The van der Waals surface area contributed by atoms with Crippen LogP contribution in [-0.4, -0.2) is 22.9 Å². The number of carbonyl (C=O) groups is 1. The first-order valence-corrected chi connectivity index (χ1v) is 6.66. The van der Waals surface area contributed by atoms with Crippen molar-refractivity contribution < 1.29 is 4.79 Å². The Bertz CT molecular complexity index is 408. The molecule has 0 spiro atoms. The number of carbonyl (C=O) groups excluding carboxylic acids is 1. The van der Waals surface area contributed by atoms with E-state index in [1.807, 2.05) is 29.2 Å². The smallest absolute Gasteiger partial charge is 0.255 e. The molecule has 1 aromatic carbocycles. The molecule has 3 heteroatoms. The SMILES string of the molecule is CC1CCCC(C)N1C(=O)c1ccccc1S. The number of hydrogen-bond acceptors (Lipinski definition) is 2. The highest BCUT2D eigenvalue weighted by Crippen LogP contribution is 2.26. The molecule has 0 aliphatic carbocycles. The van der Waals surface area contributed by atoms with Crippen molar-refractivity contribution in [3.63, 3.8) is 0 Å². The summed E-state index contributed by atoms with van der Waals surface area (Å²) in [5.41, 5.74) is 0.719. The van der Waals surface area contributed by atoms with Crippen LogP contribution < -0.4 is 0 Å². The van der Waals surface area contributed by atoms with E-state index in [0.29, 0.717) is 12.1 Å². The number of nitrogens with zero attached hydrogens (tertiary/aromatic N) is 1. The molecule has 2 unspecified atom stereocenters. The van der Waals surface area contributed by atoms with E-state index >= 15 is 0 Å². The molecule has 0 bridgehead atoms. The summed E-state index contributed by atoms with van der Waals surface area (Å²) in [6.07, 6.45) is 3.42. The normalized spacial score (nSPS) is 24.8. The van der Waals surface area contributed by atoms with Gasteiger partial charge in [-0.05, 0) is 45.2 Å². The van der Waals surface area contributed by atoms with E-state index in [4.69, 9.17) is 0 Å². The second-order valence-electron chi connectivity index (χ2n) is 4.86. The van der Waals surface area contributed by atoms with Gasteiger partial charge in [-0.15, -0.1) is 12.6 Å². The van der Waals surface area contributed by atoms with E-state index in [2.05, 4.69) is 26.5 Å². The molecule has 2 rings (SSSR count). The lowest BCUT2D eigenvalue weighted by Crippen LogP contribution is -2.47. The summed E-state index contributed by atoms with van der Waals surface area (Å²) in [6, 6.07) is 8.20. The van der Waals surface area contributed by atoms with Crippen LogP contribution in [0.4, 0.5) is 0 Å². The van der Waals surface area contributed by atoms with Crippen LogP contribution in [0.5, 0.6) is 0 Å². The highest BCUT2D eigenvalue weighted by Gasteiger charge is 2.30. The zero-order valence-corrected chi connectivity index (χ0v) is 11.3. The molecule has 0 radical (unpaired) electrons. The van der Waals surface area contributed by atoms with Gasteiger partial charge in [0.1, 0.15) is 0 Å². The van der Waals surface area contributed by atoms with Crippen molar-refractivity contribution in [3.05, 3.63) is 29.8 Å². The molecule has 0 N–H and O–H groups in total. The van der Waals surface area contributed by atoms with Crippen molar-refractivity contribution >= 4 is 18.5 Å². The van der Waals surface area contributed by atoms with Crippen molar-refractivity contribution in [2.75, 3.05) is 0 Å². The van der Waals surface area contributed by atoms with Crippen LogP contribution in [0.2, 0.25) is 0 Å². The Kier molecular flexibility index (Phi) is 3.77. The third-order valence-electron chi connectivity index (χ3n) is 3.56. The van der Waals surface area contributed by atoms with Gasteiger partial charge in [-0.1, -0.05) is 12.1 Å². The number of amides is 1. The lowest BCUT2D eigenvalue weighted by molar-refractivity contribution is 0.0507. The van der Waals surface area contributed by atoms with Crippen molar-refractivity contribution in [3.8, 4) is 0 Å². The van der Waals surface area contributed by atoms with E-state index in [9.17, 15) is 4.79 Å². The number of hydrogen-bond donors (Lipinski definition) is 1. The predicted octanol–water partition coefficient (Wildman–Crippen LogP) is 3.38. The number of benzene rings is 1. The van der Waals surface area contributed by atoms with Gasteiger partial charge in [-0.3, -0.25) is 4.79 Å². The van der Waals surface area contributed by atoms with Gasteiger partial charge in [-0.2, -0.15) is 0 Å². The van der Waals surface area contributed by atoms with E-state index in [0.717, 1.165) is 23.3 Å². The fraction of sp³-hybridized carbons (Fsp3) is 0.500. The third-order valence-corrected chi connectivity index (χ3v) is 3.95. The second kappa shape index (κ2) is 5.13. The van der Waals surface area contributed by atoms with Gasteiger partial charge in [0.2, 0.25) is 0 Å². The Balaban J connectivity index is 2.27. The molecular weight excluding hydrogens is 230 g/mol. The monoisotopic (exact) mass is 249 g/mol. The highest BCUT2D eigenvalue weighted by atomic mass is 32.1. The maximum Gasteiger partial charge on any atom is 0.255 e. The first kappa shape index (κ1) is 12.5. The molecule has 0 saturated carbocycles. The molecule has 2 nitrogen and oxygen atoms in total. The van der Waals surface area contributed by atoms with Crippen LogP contribution in [0.15, 0.2) is 29.2 Å². The topological polar surface area (TPSA) is 20.3 Å². The van der Waals surface area contributed by atoms with Crippen LogP contribution >= 0.6 is 12.6 Å². The lowest BCUT2D eigenvalue weighted by atomic mass is 9.96. The maximum absolute atomic E-state index is 12.5. The van der Waals surface area contributed by atoms with Crippen LogP contribution in [0.3, 0.4) is 0 Å². The van der Waals surface area contributed by atoms with Crippen LogP contribution in [0, 0.1) is 0 Å². The summed E-state index contributed by atoms with van der Waals surface area (Å²) in [4.78, 5) is 15.3. The van der Waals surface area contributed by atoms with E-state index in [1.165, 1.54) is 6.42 Å². The minimum absolute atomic E-state index is 0.121. The Morgan fingerprint density at radius 3 is 2.41 bits per heavy atom. The maximum atomic E-state index is 12.5. The zero-order chi connectivity index (χ0) is 12.4. The van der Waals surface area contributed by atoms with Gasteiger partial charge in [0.05, 0.1) is 5.56 Å². The largest absolute Gasteiger partial charge is 0.333 e. The van der Waals surface area contributed by atoms with Gasteiger partial charge in [-0.25, -0.2) is 0 Å². The molecule has 1 aliphatic heterocycles. The van der Waals surface area contributed by atoms with Gasteiger partial charge >= 0.3 is 0 Å². The molecule has 92 valence electrons. The van der Waals surface area contributed by atoms with E-state index in [-0.39, 0.29) is 5.91 Å². The van der Waals surface area contributed by atoms with Crippen LogP contribution in [-0.2, 0) is 0 Å². The number of thiol groups is 1. The summed E-state index contributed by atoms with van der Waals surface area (Å²) >= 11 is 4.37. The van der Waals surface area contributed by atoms with E-state index in [1.54, 1.807) is 0 Å². The molecule has 1 fully saturated rings. The first-order valence-electron chi connectivity index (χ1n) is 6.22. The Morgan fingerprint density at radius 1 is 1.24 bits per heavy atom. The first-order chi connectivity index (χ1) is 8.11. The Labute approximate surface area is 108 Å². The highest BCUT2D eigenvalue weighted by molar-refractivity contribution is 7.80. The molecule has 1 aromatic rings. The standard InChI is InChI=1S/C14H19NOS/c1-10-6-5-7-11(2)15(10)14(16)12-8-3-4-9-13(12)17/h3-4,8-11,17H,5-7H2,1-2H3. The Hall–Kier alpha value is -0.960. The summed E-state index contributed by atoms with van der Waals surface area (Å²) in [5.74, 6) is 0.121. The second-order valence-corrected chi connectivity index (χ2v) is 5.34. The fourth-order valence-corrected chi connectivity index (χ4v) is 2.87. The molecule has 17 heavy (non-hydrogen) atoms. The summed E-state index contributed by atoms with van der Waals surface area (Å²) in [5, 5.41) is 0. The predicted molar refractivity (Wildman–Crippen MR) is 72.6 cm³/mol. The lowest BCUT2D eigenvalue weighted by Gasteiger charge is -2.39. The zero-order valence-electron chi connectivity index (χ0n) is 10.4. The van der Waals surface area contributed by atoms with E-state index < -0.39 is 0 Å². The third kappa shape index (κ3) is 2.49. The molecule has 1 amide bonds. The number of rotatable bonds is 1. The quantitative estimate of drug-likeness (QED) is 0.757. The molecule has 1 saturated heterocycles. The minimum Gasteiger partial charge on any atom is -0.333 e. The van der Waals surface area contributed by atoms with Crippen LogP contribution in [0.25, 0.3) is 0 Å². The average Bonchev–Trinajstić information content (AvgIpc) is 2.29. The summed E-state index contributed by atoms with van der Waals surface area (Å²) < 4.78 is 0. The molecule has 0 aromatic heterocycles. The number of likely N-dealkylation sites (tertiary alicyclic amines) is 1. The number of piperidine rings is 1. The van der Waals surface area contributed by atoms with Crippen molar-refractivity contribution in [1.82, 2.24) is 4.90 Å². The molecule has 1 heterocycles. The molecule has 2 atom stereocenters. The van der Waals surface area contributed by atoms with Gasteiger partial charge < -0.3 is 4.90 Å². The van der Waals surface area contributed by atoms with Crippen molar-refractivity contribution in [2.45, 2.75) is 50.1 Å². The molecular formula is C14H19NOS. The fourth-order valence-electron chi connectivity index (χ4n) is 2.62. The molecule has 1 aliphatic rings. The average molecular weight is 249 g/mol. The van der Waals surface area contributed by atoms with Crippen LogP contribution in [0.1, 0.15) is 43.5 Å². The van der Waals surface area contributed by atoms with Gasteiger partial charge in [0.15, 0.2) is 0 Å². The van der Waals surface area contributed by atoms with Gasteiger partial charge in [0, 0.05) is 17.0 Å². The Morgan fingerprint density at radius 2 is 1.82 bits per heavy atom. The van der Waals surface area contributed by atoms with Crippen molar-refractivity contribution in [2.24, 2.45) is 0 Å². The summed E-state index contributed by atoms with van der Waals surface area (Å²) in [7, 11) is 0. The van der Waals surface area contributed by atoms with Crippen molar-refractivity contribution in [1.29, 1.82) is 0 Å². The minimum atomic E-state index is 0.121.